The third-order valence-electron chi connectivity index (χ3n) is 14.6. The number of aromatic nitrogens is 5. The van der Waals surface area contributed by atoms with Crippen molar-refractivity contribution in [1.29, 1.82) is 0 Å². The van der Waals surface area contributed by atoms with Gasteiger partial charge in [-0.3, -0.25) is 38.4 Å². The molecular weight excluding hydrogens is 1040 g/mol. The van der Waals surface area contributed by atoms with Crippen molar-refractivity contribution >= 4 is 104 Å². The minimum atomic E-state index is -0.733. The molecule has 0 saturated heterocycles. The van der Waals surface area contributed by atoms with Crippen LogP contribution in [0.25, 0.3) is 67.0 Å². The van der Waals surface area contributed by atoms with Gasteiger partial charge in [-0.05, 0) is 119 Å². The van der Waals surface area contributed by atoms with E-state index in [2.05, 4.69) is 25.4 Å². The number of imide groups is 4. The minimum absolute atomic E-state index is 0.00578. The van der Waals surface area contributed by atoms with Crippen LogP contribution in [0, 0.1) is 0 Å². The van der Waals surface area contributed by atoms with E-state index in [0.717, 1.165) is 19.6 Å². The molecule has 0 aliphatic carbocycles. The van der Waals surface area contributed by atoms with Gasteiger partial charge in [-0.2, -0.15) is 9.80 Å². The number of fused-ring (bicyclic) bond motifs is 7. The Bertz CT molecular complexity index is 4730. The van der Waals surface area contributed by atoms with Gasteiger partial charge in [0.25, 0.3) is 53.1 Å². The molecule has 0 spiro atoms. The van der Waals surface area contributed by atoms with E-state index in [1.54, 1.807) is 127 Å². The summed E-state index contributed by atoms with van der Waals surface area (Å²) in [6.07, 6.45) is 0. The van der Waals surface area contributed by atoms with Crippen molar-refractivity contribution in [1.82, 2.24) is 25.4 Å². The first-order valence-corrected chi connectivity index (χ1v) is 24.9. The Labute approximate surface area is 452 Å². The molecule has 1 N–H and O–H groups in total. The van der Waals surface area contributed by atoms with Crippen molar-refractivity contribution in [2.24, 2.45) is 0 Å². The number of H-pyrrole nitrogens is 1. The quantitative estimate of drug-likeness (QED) is 0.139. The molecule has 19 nitrogen and oxygen atoms in total. The smallest absolute Gasteiger partial charge is 0.332 e. The maximum absolute atomic E-state index is 14.6. The molecule has 80 heavy (non-hydrogen) atoms. The second-order valence-electron chi connectivity index (χ2n) is 19.0. The molecule has 4 aliphatic heterocycles. The van der Waals surface area contributed by atoms with Crippen LogP contribution in [0.4, 0.5) is 23.4 Å². The van der Waals surface area contributed by atoms with Crippen molar-refractivity contribution in [3.63, 3.8) is 0 Å². The number of halogens is 1. The number of hydrogen-bond acceptors (Lipinski definition) is 14. The van der Waals surface area contributed by atoms with Crippen LogP contribution < -0.4 is 19.6 Å². The fourth-order valence-corrected chi connectivity index (χ4v) is 11.1. The van der Waals surface area contributed by atoms with E-state index in [-0.39, 0.29) is 79.7 Å². The topological polar surface area (TPSA) is 243 Å². The van der Waals surface area contributed by atoms with Crippen molar-refractivity contribution in [2.45, 2.75) is 0 Å². The Morgan fingerprint density at radius 2 is 0.775 bits per heavy atom. The van der Waals surface area contributed by atoms with Crippen LogP contribution in [0.15, 0.2) is 173 Å². The highest BCUT2D eigenvalue weighted by atomic mass is 35.5. The number of benzene rings is 8. The first-order chi connectivity index (χ1) is 38.9. The van der Waals surface area contributed by atoms with Crippen LogP contribution in [0.2, 0.25) is 5.02 Å². The van der Waals surface area contributed by atoms with Crippen molar-refractivity contribution in [2.75, 3.05) is 19.6 Å². The molecule has 0 atom stereocenters. The van der Waals surface area contributed by atoms with Crippen LogP contribution in [-0.2, 0) is 0 Å². The number of carbonyl (C=O) groups is 8. The van der Waals surface area contributed by atoms with Gasteiger partial charge >= 0.3 is 12.0 Å². The number of carbonyl (C=O) groups excluding carboxylic acids is 8. The van der Waals surface area contributed by atoms with Gasteiger partial charge in [0.1, 0.15) is 0 Å². The van der Waals surface area contributed by atoms with Crippen molar-refractivity contribution in [3.8, 4) is 45.2 Å². The summed E-state index contributed by atoms with van der Waals surface area (Å²) in [5.74, 6) is -5.12. The Morgan fingerprint density at radius 3 is 1.30 bits per heavy atom. The second kappa shape index (κ2) is 16.8. The standard InChI is InChI=1S/C60H28ClN9O10/c61-44-15-5-4-10-37(44)50-64-66-60(80-50)70-52(72)36-21-17-30(25-43(36)56(70)76)34-12-7-14-39-48(34)58(78)68(54(39)74)32-19-23-46-41(27-32)40-26-31(18-22-45(40)62-46)67-53(73)38-13-6-11-33(47(38)57(67)77)29-16-20-35-42(24-29)55(75)69(51(35)71)59-65-63-49(79-59)28-8-2-1-3-9-28/h1-27,62H. The largest absolute Gasteiger partial charge is 0.403 e. The molecule has 15 rings (SSSR count). The number of nitrogens with one attached hydrogen (secondary N) is 1. The first-order valence-electron chi connectivity index (χ1n) is 24.5. The summed E-state index contributed by atoms with van der Waals surface area (Å²) in [7, 11) is 0. The molecule has 0 fully saturated rings. The van der Waals surface area contributed by atoms with Crippen LogP contribution in [0.1, 0.15) is 82.9 Å². The summed E-state index contributed by atoms with van der Waals surface area (Å²) >= 11 is 6.32. The highest BCUT2D eigenvalue weighted by Gasteiger charge is 2.45. The van der Waals surface area contributed by atoms with E-state index in [4.69, 9.17) is 20.4 Å². The molecule has 0 unspecified atom stereocenters. The number of amides is 8. The highest BCUT2D eigenvalue weighted by Crippen LogP contribution is 2.43. The highest BCUT2D eigenvalue weighted by molar-refractivity contribution is 6.39. The summed E-state index contributed by atoms with van der Waals surface area (Å²) in [5, 5.41) is 17.4. The number of hydrogen-bond donors (Lipinski definition) is 1. The third-order valence-corrected chi connectivity index (χ3v) is 15.0. The maximum Gasteiger partial charge on any atom is 0.332 e. The Balaban J connectivity index is 0.714. The first kappa shape index (κ1) is 46.0. The van der Waals surface area contributed by atoms with E-state index in [9.17, 15) is 38.4 Å². The SMILES string of the molecule is O=C1c2cccc(-c3ccc4c(c3)C(=O)N(c3nnc(-c5ccccc5)o3)C4=O)c2C(=O)N1c1ccc2[nH]c3ccc(N4C(=O)c5cccc(-c6ccc7c(c6)C(=O)N(c6nnc(-c8ccccc8Cl)o6)C7=O)c5C4=O)cc3c2c1. The van der Waals surface area contributed by atoms with Gasteiger partial charge in [-0.25, -0.2) is 9.80 Å². The zero-order chi connectivity index (χ0) is 54.4. The molecule has 0 saturated carbocycles. The van der Waals surface area contributed by atoms with Gasteiger partial charge in [0, 0.05) is 27.4 Å². The van der Waals surface area contributed by atoms with Crippen molar-refractivity contribution in [3.05, 3.63) is 213 Å². The third kappa shape index (κ3) is 6.54. The summed E-state index contributed by atoms with van der Waals surface area (Å²) in [6, 6.07) is 43.7. The van der Waals surface area contributed by atoms with E-state index >= 15 is 0 Å². The molecule has 11 aromatic rings. The zero-order valence-electron chi connectivity index (χ0n) is 40.6. The second-order valence-corrected chi connectivity index (χ2v) is 19.4. The van der Waals surface area contributed by atoms with E-state index < -0.39 is 47.3 Å². The minimum Gasteiger partial charge on any atom is -0.403 e. The fraction of sp³-hybridized carbons (Fsp3) is 0. The molecular formula is C60H28ClN9O10. The zero-order valence-corrected chi connectivity index (χ0v) is 41.4. The molecule has 3 aromatic heterocycles. The average Bonchev–Trinajstić information content (AvgIpc) is 4.42. The Kier molecular flexibility index (Phi) is 9.69. The van der Waals surface area contributed by atoms with E-state index in [0.29, 0.717) is 60.2 Å². The monoisotopic (exact) mass is 1070 g/mol. The predicted molar refractivity (Wildman–Crippen MR) is 289 cm³/mol. The maximum atomic E-state index is 14.6. The summed E-state index contributed by atoms with van der Waals surface area (Å²) in [4.78, 5) is 120. The predicted octanol–water partition coefficient (Wildman–Crippen LogP) is 10.6. The molecule has 380 valence electrons. The molecule has 0 bridgehead atoms. The summed E-state index contributed by atoms with van der Waals surface area (Å²) in [5.41, 5.74) is 4.87. The number of nitrogens with zero attached hydrogens (tertiary/aromatic N) is 8. The van der Waals surface area contributed by atoms with E-state index in [1.807, 2.05) is 6.07 Å². The van der Waals surface area contributed by atoms with Gasteiger partial charge in [0.15, 0.2) is 0 Å². The summed E-state index contributed by atoms with van der Waals surface area (Å²) in [6.45, 7) is 0. The number of anilines is 4. The van der Waals surface area contributed by atoms with Crippen LogP contribution in [-0.4, -0.2) is 72.6 Å². The lowest BCUT2D eigenvalue weighted by Crippen LogP contribution is -2.29. The van der Waals surface area contributed by atoms with Gasteiger partial charge < -0.3 is 13.8 Å². The lowest BCUT2D eigenvalue weighted by molar-refractivity contribution is 0.0902. The molecule has 8 aromatic carbocycles. The molecule has 8 amide bonds. The molecule has 4 aliphatic rings. The average molecular weight is 1070 g/mol. The van der Waals surface area contributed by atoms with Gasteiger partial charge in [-0.15, -0.1) is 10.2 Å². The lowest BCUT2D eigenvalue weighted by atomic mass is 9.94. The summed E-state index contributed by atoms with van der Waals surface area (Å²) < 4.78 is 11.5. The Morgan fingerprint density at radius 1 is 0.338 bits per heavy atom. The molecule has 0 radical (unpaired) electrons. The lowest BCUT2D eigenvalue weighted by Gasteiger charge is -2.15. The fourth-order valence-electron chi connectivity index (χ4n) is 10.9. The normalized spacial score (nSPS) is 14.7. The van der Waals surface area contributed by atoms with Crippen LogP contribution in [0.3, 0.4) is 0 Å². The molecule has 7 heterocycles. The van der Waals surface area contributed by atoms with E-state index in [1.165, 1.54) is 30.3 Å². The molecule has 20 heteroatoms. The van der Waals surface area contributed by atoms with Gasteiger partial charge in [-0.1, -0.05) is 88.5 Å². The van der Waals surface area contributed by atoms with Crippen molar-refractivity contribution < 1.29 is 47.2 Å². The van der Waals surface area contributed by atoms with Crippen LogP contribution >= 0.6 is 11.6 Å². The van der Waals surface area contributed by atoms with Gasteiger partial charge in [0.2, 0.25) is 5.89 Å². The van der Waals surface area contributed by atoms with Crippen LogP contribution in [0.5, 0.6) is 0 Å². The van der Waals surface area contributed by atoms with Gasteiger partial charge in [0.05, 0.1) is 66.5 Å². The number of aromatic amines is 1. The number of rotatable bonds is 8. The Hall–Kier alpha value is -11.3.